The van der Waals surface area contributed by atoms with Gasteiger partial charge >= 0.3 is 0 Å². The highest BCUT2D eigenvalue weighted by Gasteiger charge is 2.03. The Bertz CT molecular complexity index is 521. The van der Waals surface area contributed by atoms with Gasteiger partial charge in [0.2, 0.25) is 0 Å². The van der Waals surface area contributed by atoms with Crippen LogP contribution in [0.5, 0.6) is 0 Å². The second kappa shape index (κ2) is 5.82. The summed E-state index contributed by atoms with van der Waals surface area (Å²) in [4.78, 5) is 11.3. The third kappa shape index (κ3) is 3.43. The lowest BCUT2D eigenvalue weighted by molar-refractivity contribution is 0.837. The van der Waals surface area contributed by atoms with Crippen molar-refractivity contribution in [1.82, 2.24) is 9.97 Å². The molecular weight excluding hydrogens is 244 g/mol. The molecule has 2 aromatic rings. The van der Waals surface area contributed by atoms with E-state index in [0.29, 0.717) is 5.82 Å². The number of aryl methyl sites for hydroxylation is 2. The molecule has 0 unspecified atom stereocenters. The van der Waals surface area contributed by atoms with Gasteiger partial charge < -0.3 is 11.1 Å². The molecule has 0 bridgehead atoms. The molecule has 0 radical (unpaired) electrons. The first-order valence-corrected chi connectivity index (χ1v) is 6.91. The van der Waals surface area contributed by atoms with Crippen molar-refractivity contribution in [3.63, 3.8) is 0 Å². The molecule has 5 heteroatoms. The van der Waals surface area contributed by atoms with E-state index in [0.717, 1.165) is 31.0 Å². The summed E-state index contributed by atoms with van der Waals surface area (Å²) in [5, 5.41) is 3.29. The van der Waals surface area contributed by atoms with Gasteiger partial charge in [-0.3, -0.25) is 0 Å². The number of hydrogen-bond acceptors (Lipinski definition) is 5. The van der Waals surface area contributed by atoms with Gasteiger partial charge in [-0.2, -0.15) is 0 Å². The van der Waals surface area contributed by atoms with E-state index < -0.39 is 0 Å². The number of anilines is 2. The fraction of sp³-hybridized carbons (Fsp3) is 0.385. The Morgan fingerprint density at radius 1 is 1.33 bits per heavy atom. The highest BCUT2D eigenvalue weighted by atomic mass is 32.1. The summed E-state index contributed by atoms with van der Waals surface area (Å²) in [5.74, 6) is 2.14. The smallest absolute Gasteiger partial charge is 0.133 e. The molecule has 0 aliphatic rings. The maximum absolute atomic E-state index is 5.77. The van der Waals surface area contributed by atoms with Gasteiger partial charge in [0.1, 0.15) is 17.5 Å². The van der Waals surface area contributed by atoms with Crippen molar-refractivity contribution in [3.8, 4) is 0 Å². The predicted octanol–water partition coefficient (Wildman–Crippen LogP) is 2.99. The Labute approximate surface area is 111 Å². The normalized spacial score (nSPS) is 10.6. The third-order valence-electron chi connectivity index (χ3n) is 2.51. The number of nitrogens with zero attached hydrogens (tertiary/aromatic N) is 2. The maximum atomic E-state index is 5.77. The molecule has 0 aliphatic carbocycles. The predicted molar refractivity (Wildman–Crippen MR) is 76.8 cm³/mol. The van der Waals surface area contributed by atoms with E-state index in [1.165, 1.54) is 9.75 Å². The van der Waals surface area contributed by atoms with Gasteiger partial charge in [-0.25, -0.2) is 9.97 Å². The fourth-order valence-electron chi connectivity index (χ4n) is 1.70. The number of hydrogen-bond donors (Lipinski definition) is 2. The van der Waals surface area contributed by atoms with Crippen molar-refractivity contribution in [2.75, 3.05) is 11.1 Å². The Balaban J connectivity index is 2.04. The molecule has 3 N–H and O–H groups in total. The van der Waals surface area contributed by atoms with Crippen LogP contribution in [0.15, 0.2) is 18.2 Å². The number of nitrogens with two attached hydrogens (primary N) is 1. The molecule has 96 valence electrons. The molecule has 0 saturated heterocycles. The molecule has 0 amide bonds. The molecule has 0 saturated carbocycles. The lowest BCUT2D eigenvalue weighted by Crippen LogP contribution is -2.05. The number of nitrogens with one attached hydrogen (secondary N) is 1. The third-order valence-corrected chi connectivity index (χ3v) is 3.51. The average molecular weight is 262 g/mol. The van der Waals surface area contributed by atoms with Crippen molar-refractivity contribution in [1.29, 1.82) is 0 Å². The van der Waals surface area contributed by atoms with E-state index >= 15 is 0 Å². The molecule has 2 aromatic heterocycles. The van der Waals surface area contributed by atoms with E-state index in [9.17, 15) is 0 Å². The number of rotatable bonds is 5. The largest absolute Gasteiger partial charge is 0.384 e. The van der Waals surface area contributed by atoms with Gasteiger partial charge in [0.05, 0.1) is 6.54 Å². The number of thiophene rings is 1. The van der Waals surface area contributed by atoms with Crippen LogP contribution in [0.3, 0.4) is 0 Å². The number of nitrogen functional groups attached to an aromatic ring is 1. The summed E-state index contributed by atoms with van der Waals surface area (Å²) in [6.45, 7) is 4.99. The van der Waals surface area contributed by atoms with Crippen LogP contribution in [0, 0.1) is 6.92 Å². The molecule has 0 aliphatic heterocycles. The van der Waals surface area contributed by atoms with Crippen LogP contribution in [-0.2, 0) is 13.0 Å². The molecular formula is C13H18N4S. The molecule has 0 fully saturated rings. The van der Waals surface area contributed by atoms with Crippen molar-refractivity contribution < 1.29 is 0 Å². The zero-order valence-corrected chi connectivity index (χ0v) is 11.5. The van der Waals surface area contributed by atoms with Gasteiger partial charge in [-0.15, -0.1) is 11.3 Å². The van der Waals surface area contributed by atoms with E-state index in [2.05, 4.69) is 41.3 Å². The zero-order chi connectivity index (χ0) is 13.0. The second-order valence-corrected chi connectivity index (χ2v) is 5.58. The number of aromatic nitrogens is 2. The van der Waals surface area contributed by atoms with Crippen LogP contribution in [-0.4, -0.2) is 9.97 Å². The standard InChI is InChI=1S/C13H18N4S/c1-3-4-12-16-11(14)7-13(17-12)15-8-10-6-5-9(2)18-10/h5-7H,3-4,8H2,1-2H3,(H3,14,15,16,17). The van der Waals surface area contributed by atoms with Crippen LogP contribution in [0.4, 0.5) is 11.6 Å². The lowest BCUT2D eigenvalue weighted by Gasteiger charge is -2.07. The van der Waals surface area contributed by atoms with Crippen LogP contribution < -0.4 is 11.1 Å². The highest BCUT2D eigenvalue weighted by molar-refractivity contribution is 7.11. The van der Waals surface area contributed by atoms with Gasteiger partial charge in [-0.1, -0.05) is 6.92 Å². The van der Waals surface area contributed by atoms with E-state index in [1.807, 2.05) is 0 Å². The first-order valence-electron chi connectivity index (χ1n) is 6.10. The summed E-state index contributed by atoms with van der Waals surface area (Å²) < 4.78 is 0. The van der Waals surface area contributed by atoms with Gasteiger partial charge in [0, 0.05) is 22.2 Å². The summed E-state index contributed by atoms with van der Waals surface area (Å²) in [6.07, 6.45) is 1.88. The average Bonchev–Trinajstić information content (AvgIpc) is 2.72. The van der Waals surface area contributed by atoms with Gasteiger partial charge in [-0.05, 0) is 25.5 Å². The van der Waals surface area contributed by atoms with Crippen LogP contribution >= 0.6 is 11.3 Å². The Morgan fingerprint density at radius 3 is 2.83 bits per heavy atom. The van der Waals surface area contributed by atoms with Crippen LogP contribution in [0.25, 0.3) is 0 Å². The summed E-state index contributed by atoms with van der Waals surface area (Å²) in [7, 11) is 0. The summed E-state index contributed by atoms with van der Waals surface area (Å²) >= 11 is 1.79. The topological polar surface area (TPSA) is 63.8 Å². The Kier molecular flexibility index (Phi) is 4.15. The SMILES string of the molecule is CCCc1nc(N)cc(NCc2ccc(C)s2)n1. The van der Waals surface area contributed by atoms with Crippen molar-refractivity contribution in [3.05, 3.63) is 33.8 Å². The van der Waals surface area contributed by atoms with Crippen molar-refractivity contribution >= 4 is 23.0 Å². The highest BCUT2D eigenvalue weighted by Crippen LogP contribution is 2.17. The van der Waals surface area contributed by atoms with E-state index in [-0.39, 0.29) is 0 Å². The minimum Gasteiger partial charge on any atom is -0.384 e. The van der Waals surface area contributed by atoms with Gasteiger partial charge in [0.15, 0.2) is 0 Å². The van der Waals surface area contributed by atoms with E-state index in [4.69, 9.17) is 5.73 Å². The molecule has 2 rings (SSSR count). The first-order chi connectivity index (χ1) is 8.67. The summed E-state index contributed by atoms with van der Waals surface area (Å²) in [5.41, 5.74) is 5.77. The van der Waals surface area contributed by atoms with Gasteiger partial charge in [0.25, 0.3) is 0 Å². The molecule has 0 spiro atoms. The quantitative estimate of drug-likeness (QED) is 0.869. The lowest BCUT2D eigenvalue weighted by atomic mass is 10.3. The molecule has 0 atom stereocenters. The summed E-state index contributed by atoms with van der Waals surface area (Å²) in [6, 6.07) is 6.03. The molecule has 2 heterocycles. The van der Waals surface area contributed by atoms with E-state index in [1.54, 1.807) is 17.4 Å². The minimum atomic E-state index is 0.526. The second-order valence-electron chi connectivity index (χ2n) is 4.21. The van der Waals surface area contributed by atoms with Crippen LogP contribution in [0.2, 0.25) is 0 Å². The molecule has 4 nitrogen and oxygen atoms in total. The van der Waals surface area contributed by atoms with Crippen molar-refractivity contribution in [2.45, 2.75) is 33.2 Å². The zero-order valence-electron chi connectivity index (χ0n) is 10.7. The Morgan fingerprint density at radius 2 is 2.17 bits per heavy atom. The van der Waals surface area contributed by atoms with Crippen molar-refractivity contribution in [2.24, 2.45) is 0 Å². The molecule has 18 heavy (non-hydrogen) atoms. The Hall–Kier alpha value is -1.62. The minimum absolute atomic E-state index is 0.526. The fourth-order valence-corrected chi connectivity index (χ4v) is 2.53. The maximum Gasteiger partial charge on any atom is 0.133 e. The molecule has 0 aromatic carbocycles. The van der Waals surface area contributed by atoms with Crippen LogP contribution in [0.1, 0.15) is 28.9 Å². The monoisotopic (exact) mass is 262 g/mol. The first kappa shape index (κ1) is 12.8.